The number of methoxy groups -OCH3 is 1. The lowest BCUT2D eigenvalue weighted by molar-refractivity contribution is 0.156. The molecule has 0 unspecified atom stereocenters. The molecular formula is C23H22Cl3FN4O2. The normalized spacial score (nSPS) is 15.8. The summed E-state index contributed by atoms with van der Waals surface area (Å²) in [6.45, 7) is 3.69. The third-order valence-corrected chi connectivity index (χ3v) is 6.61. The number of hydrogen-bond donors (Lipinski definition) is 1. The fraction of sp³-hybridized carbons (Fsp3) is 0.304. The van der Waals surface area contributed by atoms with E-state index in [1.165, 1.54) is 6.33 Å². The lowest BCUT2D eigenvalue weighted by atomic mass is 10.00. The van der Waals surface area contributed by atoms with Crippen molar-refractivity contribution in [1.82, 2.24) is 15.3 Å². The number of anilines is 2. The monoisotopic (exact) mass is 510 g/mol. The second-order valence-corrected chi connectivity index (χ2v) is 8.58. The van der Waals surface area contributed by atoms with Gasteiger partial charge in [0.2, 0.25) is 0 Å². The summed E-state index contributed by atoms with van der Waals surface area (Å²) >= 11 is 12.1. The average Bonchev–Trinajstić information content (AvgIpc) is 2.80. The molecule has 2 aliphatic heterocycles. The van der Waals surface area contributed by atoms with Gasteiger partial charge in [0, 0.05) is 17.3 Å². The van der Waals surface area contributed by atoms with Crippen molar-refractivity contribution in [1.29, 1.82) is 0 Å². The van der Waals surface area contributed by atoms with E-state index in [9.17, 15) is 0 Å². The molecule has 1 saturated heterocycles. The van der Waals surface area contributed by atoms with Gasteiger partial charge in [-0.05, 0) is 51.1 Å². The van der Waals surface area contributed by atoms with E-state index in [2.05, 4.69) is 15.3 Å². The zero-order valence-electron chi connectivity index (χ0n) is 18.0. The van der Waals surface area contributed by atoms with Gasteiger partial charge in [-0.1, -0.05) is 23.2 Å². The highest BCUT2D eigenvalue weighted by molar-refractivity contribution is 6.42. The van der Waals surface area contributed by atoms with Crippen molar-refractivity contribution in [3.05, 3.63) is 51.6 Å². The van der Waals surface area contributed by atoms with Gasteiger partial charge in [0.1, 0.15) is 18.2 Å². The molecule has 33 heavy (non-hydrogen) atoms. The Morgan fingerprint density at radius 3 is 2.67 bits per heavy atom. The molecule has 1 fully saturated rings. The number of ether oxygens (including phenoxy) is 2. The Morgan fingerprint density at radius 1 is 1.18 bits per heavy atom. The summed E-state index contributed by atoms with van der Waals surface area (Å²) in [7, 11) is 1.61. The van der Waals surface area contributed by atoms with Crippen LogP contribution in [0.3, 0.4) is 0 Å². The van der Waals surface area contributed by atoms with Crippen molar-refractivity contribution in [2.75, 3.05) is 25.1 Å². The summed E-state index contributed by atoms with van der Waals surface area (Å²) in [6, 6.07) is 5.00. The molecule has 0 saturated carbocycles. The van der Waals surface area contributed by atoms with Crippen LogP contribution in [0.1, 0.15) is 25.3 Å². The highest BCUT2D eigenvalue weighted by Gasteiger charge is 2.30. The number of aromatic nitrogens is 2. The van der Waals surface area contributed by atoms with Crippen molar-refractivity contribution >= 4 is 64.1 Å². The molecule has 0 aliphatic carbocycles. The van der Waals surface area contributed by atoms with Gasteiger partial charge in [-0.3, -0.25) is 4.90 Å². The highest BCUT2D eigenvalue weighted by Crippen LogP contribution is 2.48. The predicted molar refractivity (Wildman–Crippen MR) is 132 cm³/mol. The van der Waals surface area contributed by atoms with Crippen molar-refractivity contribution in [3.8, 4) is 11.5 Å². The maximum absolute atomic E-state index is 15.1. The van der Waals surface area contributed by atoms with Crippen LogP contribution in [0.5, 0.6) is 11.5 Å². The minimum absolute atomic E-state index is 0. The van der Waals surface area contributed by atoms with Gasteiger partial charge in [-0.15, -0.1) is 12.4 Å². The Labute approximate surface area is 207 Å². The first-order chi connectivity index (χ1) is 15.5. The first kappa shape index (κ1) is 23.8. The zero-order valence-corrected chi connectivity index (χ0v) is 20.3. The van der Waals surface area contributed by atoms with E-state index >= 15 is 4.39 Å². The molecule has 0 atom stereocenters. The Hall–Kier alpha value is -2.32. The molecule has 1 aromatic heterocycles. The van der Waals surface area contributed by atoms with Crippen molar-refractivity contribution in [2.24, 2.45) is 0 Å². The summed E-state index contributed by atoms with van der Waals surface area (Å²) in [5, 5.41) is 4.13. The largest absolute Gasteiger partial charge is 0.493 e. The van der Waals surface area contributed by atoms with Crippen molar-refractivity contribution in [2.45, 2.75) is 25.9 Å². The summed E-state index contributed by atoms with van der Waals surface area (Å²) in [4.78, 5) is 10.7. The molecule has 174 valence electrons. The topological polar surface area (TPSA) is 59.5 Å². The number of halogens is 4. The standard InChI is InChI=1S/C23H21Cl2FN4O2.ClH/c1-12-9-14-19-16(10-18(31-2)22(14)32-13-5-7-27-8-6-13)28-11-29-23(19)30(12)17-4-3-15(24)20(25)21(17)26;/h3-4,9-11,13,27H,5-8H2,1-2H3;1H. The van der Waals surface area contributed by atoms with Gasteiger partial charge in [0.25, 0.3) is 0 Å². The van der Waals surface area contributed by atoms with E-state index < -0.39 is 5.82 Å². The number of benzene rings is 2. The van der Waals surface area contributed by atoms with Gasteiger partial charge in [-0.25, -0.2) is 14.4 Å². The summed E-state index contributed by atoms with van der Waals surface area (Å²) in [6.07, 6.45) is 5.28. The minimum atomic E-state index is -0.609. The van der Waals surface area contributed by atoms with E-state index in [0.717, 1.165) is 42.6 Å². The van der Waals surface area contributed by atoms with Crippen LogP contribution < -0.4 is 19.7 Å². The van der Waals surface area contributed by atoms with Crippen molar-refractivity contribution < 1.29 is 13.9 Å². The molecule has 5 rings (SSSR count). The van der Waals surface area contributed by atoms with Gasteiger partial charge in [-0.2, -0.15) is 0 Å². The number of allylic oxidation sites excluding steroid dienone is 1. The van der Waals surface area contributed by atoms with Crippen LogP contribution in [0.25, 0.3) is 17.0 Å². The van der Waals surface area contributed by atoms with E-state index in [-0.39, 0.29) is 34.2 Å². The fourth-order valence-corrected chi connectivity index (χ4v) is 4.59. The molecule has 2 aromatic carbocycles. The SMILES string of the molecule is COc1cc2ncnc3c2c(c1OC1CCNCC1)C=C(C)N3c1ccc(Cl)c(Cl)c1F.Cl. The van der Waals surface area contributed by atoms with Crippen molar-refractivity contribution in [3.63, 3.8) is 0 Å². The number of nitrogens with zero attached hydrogens (tertiary/aromatic N) is 3. The van der Waals surface area contributed by atoms with Gasteiger partial charge >= 0.3 is 0 Å². The Balaban J connectivity index is 0.00000259. The summed E-state index contributed by atoms with van der Waals surface area (Å²) < 4.78 is 27.2. The molecule has 3 heterocycles. The molecule has 2 aliphatic rings. The first-order valence-corrected chi connectivity index (χ1v) is 11.1. The third-order valence-electron chi connectivity index (χ3n) is 5.83. The third kappa shape index (κ3) is 4.08. The average molecular weight is 512 g/mol. The van der Waals surface area contributed by atoms with Crippen LogP contribution in [-0.4, -0.2) is 36.3 Å². The van der Waals surface area contributed by atoms with Crippen LogP contribution >= 0.6 is 35.6 Å². The van der Waals surface area contributed by atoms with Gasteiger partial charge in [0.05, 0.1) is 33.7 Å². The Morgan fingerprint density at radius 2 is 1.94 bits per heavy atom. The van der Waals surface area contributed by atoms with Crippen LogP contribution in [0.15, 0.2) is 30.2 Å². The molecule has 0 spiro atoms. The lowest BCUT2D eigenvalue weighted by Crippen LogP contribution is -2.34. The maximum Gasteiger partial charge on any atom is 0.169 e. The van der Waals surface area contributed by atoms with Crippen LogP contribution in [0, 0.1) is 5.82 Å². The molecule has 10 heteroatoms. The minimum Gasteiger partial charge on any atom is -0.493 e. The smallest absolute Gasteiger partial charge is 0.169 e. The zero-order chi connectivity index (χ0) is 22.4. The first-order valence-electron chi connectivity index (χ1n) is 10.3. The number of hydrogen-bond acceptors (Lipinski definition) is 6. The predicted octanol–water partition coefficient (Wildman–Crippen LogP) is 6.15. The molecule has 1 N–H and O–H groups in total. The number of rotatable bonds is 4. The molecule has 6 nitrogen and oxygen atoms in total. The Bertz CT molecular complexity index is 1250. The number of piperidine rings is 1. The van der Waals surface area contributed by atoms with E-state index in [1.54, 1.807) is 24.1 Å². The fourth-order valence-electron chi connectivity index (χ4n) is 4.29. The summed E-state index contributed by atoms with van der Waals surface area (Å²) in [5.74, 6) is 1.19. The lowest BCUT2D eigenvalue weighted by Gasteiger charge is -2.32. The van der Waals surface area contributed by atoms with Crippen LogP contribution in [0.2, 0.25) is 10.0 Å². The van der Waals surface area contributed by atoms with E-state index in [1.807, 2.05) is 19.1 Å². The maximum atomic E-state index is 15.1. The molecule has 0 bridgehead atoms. The van der Waals surface area contributed by atoms with Crippen LogP contribution in [0.4, 0.5) is 15.9 Å². The van der Waals surface area contributed by atoms with E-state index in [4.69, 9.17) is 32.7 Å². The van der Waals surface area contributed by atoms with Gasteiger partial charge < -0.3 is 14.8 Å². The highest BCUT2D eigenvalue weighted by atomic mass is 35.5. The second kappa shape index (κ2) is 9.50. The second-order valence-electron chi connectivity index (χ2n) is 7.80. The Kier molecular flexibility index (Phi) is 6.86. The summed E-state index contributed by atoms with van der Waals surface area (Å²) in [5.41, 5.74) is 2.50. The van der Waals surface area contributed by atoms with E-state index in [0.29, 0.717) is 22.8 Å². The molecule has 0 amide bonds. The number of nitrogens with one attached hydrogen (secondary N) is 1. The van der Waals surface area contributed by atoms with Crippen LogP contribution in [-0.2, 0) is 0 Å². The molecule has 3 aromatic rings. The quantitative estimate of drug-likeness (QED) is 0.424. The molecular weight excluding hydrogens is 490 g/mol. The molecule has 0 radical (unpaired) electrons. The van der Waals surface area contributed by atoms with Gasteiger partial charge in [0.15, 0.2) is 17.3 Å².